The maximum absolute atomic E-state index is 12.7. The van der Waals surface area contributed by atoms with E-state index in [0.717, 1.165) is 22.4 Å². The summed E-state index contributed by atoms with van der Waals surface area (Å²) in [5.74, 6) is 1.80. The molecule has 1 aromatic heterocycles. The number of carbonyl (C=O) groups is 1. The van der Waals surface area contributed by atoms with Crippen LogP contribution in [0.1, 0.15) is 24.2 Å². The van der Waals surface area contributed by atoms with Crippen LogP contribution in [0.5, 0.6) is 11.5 Å². The number of fused-ring (bicyclic) bond motifs is 1. The zero-order valence-electron chi connectivity index (χ0n) is 18.0. The van der Waals surface area contributed by atoms with Crippen LogP contribution in [0.4, 0.5) is 5.69 Å². The van der Waals surface area contributed by atoms with Crippen molar-refractivity contribution in [1.82, 2.24) is 9.55 Å². The van der Waals surface area contributed by atoms with Crippen molar-refractivity contribution in [2.24, 2.45) is 7.05 Å². The fourth-order valence-electron chi connectivity index (χ4n) is 3.47. The van der Waals surface area contributed by atoms with Crippen LogP contribution in [-0.4, -0.2) is 28.7 Å². The van der Waals surface area contributed by atoms with Crippen LogP contribution < -0.4 is 14.8 Å². The Kier molecular flexibility index (Phi) is 5.62. The van der Waals surface area contributed by atoms with E-state index in [1.165, 1.54) is 0 Å². The van der Waals surface area contributed by atoms with Gasteiger partial charge in [0.1, 0.15) is 5.82 Å². The fourth-order valence-corrected chi connectivity index (χ4v) is 3.47. The number of carbonyl (C=O) groups excluding carboxylic acids is 1. The molecule has 0 aliphatic carbocycles. The number of methoxy groups -OCH3 is 1. The molecule has 6 heteroatoms. The van der Waals surface area contributed by atoms with Crippen molar-refractivity contribution in [2.45, 2.75) is 20.0 Å². The molecule has 0 bridgehead atoms. The lowest BCUT2D eigenvalue weighted by Gasteiger charge is -2.14. The van der Waals surface area contributed by atoms with Gasteiger partial charge in [-0.2, -0.15) is 0 Å². The minimum Gasteiger partial charge on any atom is -0.493 e. The Labute approximate surface area is 181 Å². The first-order valence-corrected chi connectivity index (χ1v) is 10.1. The first kappa shape index (κ1) is 20.5. The normalized spacial score (nSPS) is 11.0. The number of anilines is 1. The summed E-state index contributed by atoms with van der Waals surface area (Å²) in [6.45, 7) is 3.88. The average Bonchev–Trinajstić information content (AvgIpc) is 3.11. The van der Waals surface area contributed by atoms with E-state index < -0.39 is 0 Å². The molecule has 31 heavy (non-hydrogen) atoms. The molecule has 0 saturated carbocycles. The highest BCUT2D eigenvalue weighted by atomic mass is 16.5. The molecule has 0 atom stereocenters. The molecule has 0 spiro atoms. The maximum Gasteiger partial charge on any atom is 0.255 e. The molecule has 0 aliphatic rings. The summed E-state index contributed by atoms with van der Waals surface area (Å²) in [6.07, 6.45) is 0.0170. The first-order chi connectivity index (χ1) is 15.0. The number of rotatable bonds is 6. The molecule has 3 aromatic carbocycles. The molecule has 4 rings (SSSR count). The van der Waals surface area contributed by atoms with Crippen molar-refractivity contribution in [2.75, 3.05) is 12.4 Å². The van der Waals surface area contributed by atoms with Crippen molar-refractivity contribution in [3.63, 3.8) is 0 Å². The minimum absolute atomic E-state index is 0.0170. The minimum atomic E-state index is -0.218. The van der Waals surface area contributed by atoms with E-state index in [-0.39, 0.29) is 12.0 Å². The third-order valence-corrected chi connectivity index (χ3v) is 4.98. The standard InChI is InChI=1S/C25H25N3O3/c1-16(2)31-22-14-11-18(15-23(22)30-4)25(29)26-19-12-9-17(10-13-19)24-27-20-7-5-6-8-21(20)28(24)3/h5-16H,1-4H3,(H,26,29). The van der Waals surface area contributed by atoms with Gasteiger partial charge in [0.15, 0.2) is 11.5 Å². The van der Waals surface area contributed by atoms with Gasteiger partial charge in [0.2, 0.25) is 0 Å². The Morgan fingerprint density at radius 1 is 1.00 bits per heavy atom. The second-order valence-electron chi connectivity index (χ2n) is 7.55. The molecular formula is C25H25N3O3. The highest BCUT2D eigenvalue weighted by Crippen LogP contribution is 2.30. The van der Waals surface area contributed by atoms with E-state index in [1.54, 1.807) is 25.3 Å². The third-order valence-electron chi connectivity index (χ3n) is 4.98. The predicted molar refractivity (Wildman–Crippen MR) is 123 cm³/mol. The average molecular weight is 415 g/mol. The number of aromatic nitrogens is 2. The molecule has 6 nitrogen and oxygen atoms in total. The van der Waals surface area contributed by atoms with Gasteiger partial charge in [-0.15, -0.1) is 0 Å². The fraction of sp³-hybridized carbons (Fsp3) is 0.200. The summed E-state index contributed by atoms with van der Waals surface area (Å²) >= 11 is 0. The van der Waals surface area contributed by atoms with Gasteiger partial charge >= 0.3 is 0 Å². The Hall–Kier alpha value is -3.80. The van der Waals surface area contributed by atoms with Gasteiger partial charge in [0.05, 0.1) is 24.2 Å². The Morgan fingerprint density at radius 2 is 1.74 bits per heavy atom. The van der Waals surface area contributed by atoms with Crippen LogP contribution in [0.2, 0.25) is 0 Å². The second-order valence-corrected chi connectivity index (χ2v) is 7.55. The summed E-state index contributed by atoms with van der Waals surface area (Å²) < 4.78 is 13.2. The summed E-state index contributed by atoms with van der Waals surface area (Å²) in [6, 6.07) is 20.9. The number of nitrogens with one attached hydrogen (secondary N) is 1. The molecule has 158 valence electrons. The molecule has 1 N–H and O–H groups in total. The monoisotopic (exact) mass is 415 g/mol. The number of imidazole rings is 1. The van der Waals surface area contributed by atoms with Gasteiger partial charge < -0.3 is 19.4 Å². The SMILES string of the molecule is COc1cc(C(=O)Nc2ccc(-c3nc4ccccc4n3C)cc2)ccc1OC(C)C. The number of ether oxygens (including phenoxy) is 2. The molecule has 4 aromatic rings. The van der Waals surface area contributed by atoms with E-state index in [2.05, 4.69) is 9.88 Å². The summed E-state index contributed by atoms with van der Waals surface area (Å²) in [4.78, 5) is 17.4. The number of amides is 1. The second kappa shape index (κ2) is 8.52. The lowest BCUT2D eigenvalue weighted by Crippen LogP contribution is -2.13. The molecule has 1 amide bonds. The van der Waals surface area contributed by atoms with Crippen molar-refractivity contribution >= 4 is 22.6 Å². The van der Waals surface area contributed by atoms with Gasteiger partial charge in [-0.1, -0.05) is 12.1 Å². The van der Waals surface area contributed by atoms with Crippen molar-refractivity contribution in [3.05, 3.63) is 72.3 Å². The quantitative estimate of drug-likeness (QED) is 0.465. The first-order valence-electron chi connectivity index (χ1n) is 10.1. The number of aryl methyl sites for hydroxylation is 1. The molecule has 0 saturated heterocycles. The summed E-state index contributed by atoms with van der Waals surface area (Å²) in [5.41, 5.74) is 4.21. The lowest BCUT2D eigenvalue weighted by molar-refractivity contribution is 0.102. The van der Waals surface area contributed by atoms with Crippen LogP contribution in [0, 0.1) is 0 Å². The Balaban J connectivity index is 1.52. The Morgan fingerprint density at radius 3 is 2.42 bits per heavy atom. The number of hydrogen-bond acceptors (Lipinski definition) is 4. The van der Waals surface area contributed by atoms with Crippen molar-refractivity contribution in [3.8, 4) is 22.9 Å². The third kappa shape index (κ3) is 4.23. The van der Waals surface area contributed by atoms with E-state index in [0.29, 0.717) is 22.7 Å². The highest BCUT2D eigenvalue weighted by molar-refractivity contribution is 6.04. The van der Waals surface area contributed by atoms with Crippen LogP contribution >= 0.6 is 0 Å². The van der Waals surface area contributed by atoms with Gasteiger partial charge in [-0.3, -0.25) is 4.79 Å². The maximum atomic E-state index is 12.7. The highest BCUT2D eigenvalue weighted by Gasteiger charge is 2.13. The zero-order chi connectivity index (χ0) is 22.0. The molecule has 0 aliphatic heterocycles. The van der Waals surface area contributed by atoms with E-state index in [4.69, 9.17) is 14.5 Å². The number of para-hydroxylation sites is 2. The number of nitrogens with zero attached hydrogens (tertiary/aromatic N) is 2. The smallest absolute Gasteiger partial charge is 0.255 e. The van der Waals surface area contributed by atoms with Gasteiger partial charge in [-0.05, 0) is 68.4 Å². The van der Waals surface area contributed by atoms with Crippen LogP contribution in [0.25, 0.3) is 22.4 Å². The molecule has 1 heterocycles. The molecule has 0 radical (unpaired) electrons. The van der Waals surface area contributed by atoms with E-state index >= 15 is 0 Å². The van der Waals surface area contributed by atoms with E-state index in [1.807, 2.05) is 69.4 Å². The number of hydrogen-bond donors (Lipinski definition) is 1. The van der Waals surface area contributed by atoms with E-state index in [9.17, 15) is 4.79 Å². The largest absolute Gasteiger partial charge is 0.493 e. The van der Waals surface area contributed by atoms with Crippen LogP contribution in [0.3, 0.4) is 0 Å². The Bertz CT molecular complexity index is 1230. The topological polar surface area (TPSA) is 65.4 Å². The van der Waals surface area contributed by atoms with Crippen molar-refractivity contribution < 1.29 is 14.3 Å². The predicted octanol–water partition coefficient (Wildman–Crippen LogP) is 5.29. The van der Waals surface area contributed by atoms with Gasteiger partial charge in [0, 0.05) is 23.9 Å². The molecule has 0 fully saturated rings. The summed E-state index contributed by atoms with van der Waals surface area (Å²) in [5, 5.41) is 2.93. The zero-order valence-corrected chi connectivity index (χ0v) is 18.0. The number of benzene rings is 3. The van der Waals surface area contributed by atoms with Crippen molar-refractivity contribution in [1.29, 1.82) is 0 Å². The molecular weight excluding hydrogens is 390 g/mol. The van der Waals surface area contributed by atoms with Crippen LogP contribution in [-0.2, 0) is 7.05 Å². The van der Waals surface area contributed by atoms with Crippen LogP contribution in [0.15, 0.2) is 66.7 Å². The lowest BCUT2D eigenvalue weighted by atomic mass is 10.1. The molecule has 0 unspecified atom stereocenters. The summed E-state index contributed by atoms with van der Waals surface area (Å²) in [7, 11) is 3.56. The van der Waals surface area contributed by atoms with Gasteiger partial charge in [0.25, 0.3) is 5.91 Å². The van der Waals surface area contributed by atoms with Gasteiger partial charge in [-0.25, -0.2) is 4.98 Å².